The van der Waals surface area contributed by atoms with Crippen LogP contribution < -0.4 is 4.74 Å². The number of ether oxygens (including phenoxy) is 1. The van der Waals surface area contributed by atoms with Gasteiger partial charge in [-0.05, 0) is 26.2 Å². The summed E-state index contributed by atoms with van der Waals surface area (Å²) in [5, 5.41) is 9.62. The predicted molar refractivity (Wildman–Crippen MR) is 89.3 cm³/mol. The van der Waals surface area contributed by atoms with Gasteiger partial charge in [0.2, 0.25) is 5.91 Å². The van der Waals surface area contributed by atoms with Crippen LogP contribution in [0.2, 0.25) is 0 Å². The highest BCUT2D eigenvalue weighted by Gasteiger charge is 2.49. The van der Waals surface area contributed by atoms with Crippen LogP contribution in [0.5, 0.6) is 5.19 Å². The van der Waals surface area contributed by atoms with Crippen LogP contribution in [0.3, 0.4) is 0 Å². The van der Waals surface area contributed by atoms with Gasteiger partial charge in [-0.3, -0.25) is 9.59 Å². The number of likely N-dealkylation sites (tertiary alicyclic amines) is 2. The Kier molecular flexibility index (Phi) is 4.78. The summed E-state index contributed by atoms with van der Waals surface area (Å²) in [5.74, 6) is 0.00830. The van der Waals surface area contributed by atoms with Crippen LogP contribution in [-0.4, -0.2) is 71.6 Å². The largest absolute Gasteiger partial charge is 0.473 e. The van der Waals surface area contributed by atoms with Gasteiger partial charge in [0, 0.05) is 26.2 Å². The Balaban J connectivity index is 1.75. The van der Waals surface area contributed by atoms with Crippen molar-refractivity contribution in [1.82, 2.24) is 14.8 Å². The van der Waals surface area contributed by atoms with E-state index in [9.17, 15) is 9.59 Å². The Bertz CT molecular complexity index is 645. The Hall–Kier alpha value is -1.67. The molecule has 2 amide bonds. The summed E-state index contributed by atoms with van der Waals surface area (Å²) in [7, 11) is 1.54. The zero-order chi connectivity index (χ0) is 17.3. The number of piperidine rings is 1. The van der Waals surface area contributed by atoms with Crippen molar-refractivity contribution in [1.29, 1.82) is 0 Å². The van der Waals surface area contributed by atoms with Gasteiger partial charge in [0.15, 0.2) is 0 Å². The van der Waals surface area contributed by atoms with Gasteiger partial charge < -0.3 is 19.6 Å². The molecule has 3 rings (SSSR count). The Morgan fingerprint density at radius 3 is 2.88 bits per heavy atom. The summed E-state index contributed by atoms with van der Waals surface area (Å²) in [5.41, 5.74) is 0.186. The van der Waals surface area contributed by atoms with Crippen LogP contribution in [0.15, 0.2) is 0 Å². The SMILES string of the molecule is COc1nc(C)c(C(=O)N2CCC3(CCCN(CCO)C3=O)C2)s1. The molecular weight excluding hydrogens is 330 g/mol. The van der Waals surface area contributed by atoms with Crippen molar-refractivity contribution in [3.05, 3.63) is 10.6 Å². The van der Waals surface area contributed by atoms with Crippen LogP contribution in [-0.2, 0) is 4.79 Å². The van der Waals surface area contributed by atoms with Crippen molar-refractivity contribution < 1.29 is 19.4 Å². The van der Waals surface area contributed by atoms with E-state index in [4.69, 9.17) is 9.84 Å². The molecule has 132 valence electrons. The number of nitrogens with zero attached hydrogens (tertiary/aromatic N) is 3. The zero-order valence-corrected chi connectivity index (χ0v) is 14.9. The Labute approximate surface area is 145 Å². The number of hydrogen-bond donors (Lipinski definition) is 1. The molecule has 1 aromatic rings. The molecule has 0 aliphatic carbocycles. The lowest BCUT2D eigenvalue weighted by Gasteiger charge is -2.39. The third kappa shape index (κ3) is 2.88. The fourth-order valence-electron chi connectivity index (χ4n) is 3.71. The van der Waals surface area contributed by atoms with Gasteiger partial charge in [-0.25, -0.2) is 4.98 Å². The molecule has 2 aliphatic rings. The summed E-state index contributed by atoms with van der Waals surface area (Å²) >= 11 is 1.25. The fourth-order valence-corrected chi connectivity index (χ4v) is 4.56. The maximum atomic E-state index is 12.8. The van der Waals surface area contributed by atoms with E-state index >= 15 is 0 Å². The lowest BCUT2D eigenvalue weighted by molar-refractivity contribution is -0.146. The molecule has 2 aliphatic heterocycles. The van der Waals surface area contributed by atoms with Gasteiger partial charge in [0.1, 0.15) is 4.88 Å². The smallest absolute Gasteiger partial charge is 0.273 e. The molecule has 3 heterocycles. The van der Waals surface area contributed by atoms with E-state index in [2.05, 4.69) is 4.98 Å². The molecular formula is C16H23N3O4S. The molecule has 1 aromatic heterocycles. The second kappa shape index (κ2) is 6.68. The molecule has 1 spiro atoms. The van der Waals surface area contributed by atoms with Crippen LogP contribution in [0.4, 0.5) is 0 Å². The monoisotopic (exact) mass is 353 g/mol. The van der Waals surface area contributed by atoms with Crippen molar-refractivity contribution in [3.8, 4) is 5.19 Å². The topological polar surface area (TPSA) is 83.0 Å². The summed E-state index contributed by atoms with van der Waals surface area (Å²) in [6, 6.07) is 0. The quantitative estimate of drug-likeness (QED) is 0.870. The van der Waals surface area contributed by atoms with E-state index in [1.807, 2.05) is 0 Å². The number of hydrogen-bond acceptors (Lipinski definition) is 6. The standard InChI is InChI=1S/C16H23N3O4S/c1-11-12(24-15(17-11)23-2)13(21)19-7-5-16(10-19)4-3-6-18(8-9-20)14(16)22/h20H,3-10H2,1-2H3. The summed E-state index contributed by atoms with van der Waals surface area (Å²) in [4.78, 5) is 33.9. The van der Waals surface area contributed by atoms with Gasteiger partial charge in [-0.15, -0.1) is 0 Å². The molecule has 1 unspecified atom stereocenters. The Morgan fingerprint density at radius 2 is 2.21 bits per heavy atom. The molecule has 8 heteroatoms. The highest BCUT2D eigenvalue weighted by Crippen LogP contribution is 2.41. The lowest BCUT2D eigenvalue weighted by atomic mass is 9.78. The van der Waals surface area contributed by atoms with E-state index in [1.165, 1.54) is 18.4 Å². The highest BCUT2D eigenvalue weighted by atomic mass is 32.1. The summed E-state index contributed by atoms with van der Waals surface area (Å²) in [6.07, 6.45) is 2.41. The number of aromatic nitrogens is 1. The highest BCUT2D eigenvalue weighted by molar-refractivity contribution is 7.15. The number of rotatable bonds is 4. The zero-order valence-electron chi connectivity index (χ0n) is 14.1. The van der Waals surface area contributed by atoms with Crippen LogP contribution >= 0.6 is 11.3 Å². The second-order valence-electron chi connectivity index (χ2n) is 6.47. The number of amides is 2. The van der Waals surface area contributed by atoms with Gasteiger partial charge in [0.25, 0.3) is 11.1 Å². The lowest BCUT2D eigenvalue weighted by Crippen LogP contribution is -2.51. The first-order valence-corrected chi connectivity index (χ1v) is 9.03. The number of carbonyl (C=O) groups excluding carboxylic acids is 2. The van der Waals surface area contributed by atoms with E-state index in [0.717, 1.165) is 12.8 Å². The normalized spacial score (nSPS) is 24.0. The fraction of sp³-hybridized carbons (Fsp3) is 0.688. The first-order valence-electron chi connectivity index (χ1n) is 8.22. The van der Waals surface area contributed by atoms with Crippen molar-refractivity contribution in [2.75, 3.05) is 39.9 Å². The third-order valence-corrected chi connectivity index (χ3v) is 6.09. The van der Waals surface area contributed by atoms with Crippen LogP contribution in [0, 0.1) is 12.3 Å². The van der Waals surface area contributed by atoms with Crippen molar-refractivity contribution in [2.24, 2.45) is 5.41 Å². The molecule has 2 saturated heterocycles. The van der Waals surface area contributed by atoms with E-state index in [0.29, 0.717) is 48.4 Å². The number of aliphatic hydroxyl groups excluding tert-OH is 1. The number of carbonyl (C=O) groups is 2. The number of aliphatic hydroxyl groups is 1. The number of aryl methyl sites for hydroxylation is 1. The minimum Gasteiger partial charge on any atom is -0.473 e. The van der Waals surface area contributed by atoms with E-state index < -0.39 is 5.41 Å². The summed E-state index contributed by atoms with van der Waals surface area (Å²) < 4.78 is 5.11. The average molecular weight is 353 g/mol. The van der Waals surface area contributed by atoms with E-state index in [-0.39, 0.29) is 18.4 Å². The minimum absolute atomic E-state index is 0.0235. The molecule has 2 fully saturated rings. The van der Waals surface area contributed by atoms with Gasteiger partial charge in [-0.2, -0.15) is 0 Å². The van der Waals surface area contributed by atoms with Crippen LogP contribution in [0.1, 0.15) is 34.6 Å². The van der Waals surface area contributed by atoms with Crippen molar-refractivity contribution >= 4 is 23.2 Å². The first-order chi connectivity index (χ1) is 11.5. The molecule has 1 atom stereocenters. The minimum atomic E-state index is -0.480. The average Bonchev–Trinajstić information content (AvgIpc) is 3.16. The van der Waals surface area contributed by atoms with E-state index in [1.54, 1.807) is 16.7 Å². The number of β-amino-alcohol motifs (C(OH)–C–C–N with tert-alkyl or cyclic N) is 1. The molecule has 24 heavy (non-hydrogen) atoms. The number of methoxy groups -OCH3 is 1. The van der Waals surface area contributed by atoms with Crippen molar-refractivity contribution in [2.45, 2.75) is 26.2 Å². The first kappa shape index (κ1) is 17.2. The molecule has 0 bridgehead atoms. The van der Waals surface area contributed by atoms with Crippen molar-refractivity contribution in [3.63, 3.8) is 0 Å². The molecule has 0 saturated carbocycles. The second-order valence-corrected chi connectivity index (χ2v) is 7.44. The van der Waals surface area contributed by atoms with Gasteiger partial charge >= 0.3 is 0 Å². The molecule has 0 radical (unpaired) electrons. The molecule has 7 nitrogen and oxygen atoms in total. The predicted octanol–water partition coefficient (Wildman–Crippen LogP) is 0.907. The van der Waals surface area contributed by atoms with Crippen LogP contribution in [0.25, 0.3) is 0 Å². The maximum absolute atomic E-state index is 12.8. The number of thiazole rings is 1. The third-order valence-electron chi connectivity index (χ3n) is 4.98. The molecule has 1 N–H and O–H groups in total. The molecule has 0 aromatic carbocycles. The van der Waals surface area contributed by atoms with Gasteiger partial charge in [0.05, 0.1) is 24.8 Å². The maximum Gasteiger partial charge on any atom is 0.273 e. The summed E-state index contributed by atoms with van der Waals surface area (Å²) in [6.45, 7) is 3.88. The Morgan fingerprint density at radius 1 is 1.42 bits per heavy atom. The van der Waals surface area contributed by atoms with Gasteiger partial charge in [-0.1, -0.05) is 11.3 Å².